The van der Waals surface area contributed by atoms with Crippen molar-refractivity contribution in [3.63, 3.8) is 0 Å². The van der Waals surface area contributed by atoms with E-state index in [4.69, 9.17) is 0 Å². The maximum absolute atomic E-state index is 13.1. The van der Waals surface area contributed by atoms with Gasteiger partial charge in [0.1, 0.15) is 5.82 Å². The van der Waals surface area contributed by atoms with E-state index in [0.717, 1.165) is 12.8 Å². The molecule has 0 amide bonds. The van der Waals surface area contributed by atoms with E-state index in [-0.39, 0.29) is 5.82 Å². The number of aliphatic hydroxyl groups is 1. The van der Waals surface area contributed by atoms with Crippen LogP contribution in [0.25, 0.3) is 0 Å². The largest absolute Gasteiger partial charge is 0.388 e. The summed E-state index contributed by atoms with van der Waals surface area (Å²) in [7, 11) is 0. The first-order valence-electron chi connectivity index (χ1n) is 5.31. The highest BCUT2D eigenvalue weighted by molar-refractivity contribution is 9.10. The second-order valence-electron chi connectivity index (χ2n) is 4.19. The van der Waals surface area contributed by atoms with Crippen LogP contribution in [-0.2, 0) is 0 Å². The van der Waals surface area contributed by atoms with Crippen LogP contribution in [-0.4, -0.2) is 5.11 Å². The Balaban J connectivity index is 2.20. The van der Waals surface area contributed by atoms with Crippen molar-refractivity contribution in [2.24, 2.45) is 5.92 Å². The molecular formula is C12H14BrFO. The summed E-state index contributed by atoms with van der Waals surface area (Å²) >= 11 is 3.24. The summed E-state index contributed by atoms with van der Waals surface area (Å²) < 4.78 is 13.8. The van der Waals surface area contributed by atoms with Gasteiger partial charge in [0.25, 0.3) is 0 Å². The van der Waals surface area contributed by atoms with Crippen LogP contribution in [0, 0.1) is 11.7 Å². The van der Waals surface area contributed by atoms with E-state index in [2.05, 4.69) is 15.9 Å². The molecule has 1 aromatic carbocycles. The lowest BCUT2D eigenvalue weighted by Gasteiger charge is -2.18. The van der Waals surface area contributed by atoms with Gasteiger partial charge in [0, 0.05) is 4.47 Å². The maximum atomic E-state index is 13.1. The summed E-state index contributed by atoms with van der Waals surface area (Å²) in [6.07, 6.45) is 3.94. The fraction of sp³-hybridized carbons (Fsp3) is 0.500. The van der Waals surface area contributed by atoms with Gasteiger partial charge in [0.05, 0.1) is 6.10 Å². The smallest absolute Gasteiger partial charge is 0.124 e. The van der Waals surface area contributed by atoms with Crippen LogP contribution in [0.5, 0.6) is 0 Å². The lowest BCUT2D eigenvalue weighted by Crippen LogP contribution is -2.09. The summed E-state index contributed by atoms with van der Waals surface area (Å²) in [5.74, 6) is 0.00937. The molecule has 1 nitrogen and oxygen atoms in total. The van der Waals surface area contributed by atoms with E-state index in [1.807, 2.05) is 0 Å². The number of aliphatic hydroxyl groups excluding tert-OH is 1. The second kappa shape index (κ2) is 4.62. The molecule has 1 N–H and O–H groups in total. The Kier molecular flexibility index (Phi) is 3.42. The summed E-state index contributed by atoms with van der Waals surface area (Å²) in [5, 5.41) is 10.1. The van der Waals surface area contributed by atoms with Gasteiger partial charge in [-0.05, 0) is 42.5 Å². The van der Waals surface area contributed by atoms with E-state index < -0.39 is 6.10 Å². The zero-order chi connectivity index (χ0) is 10.8. The van der Waals surface area contributed by atoms with Gasteiger partial charge >= 0.3 is 0 Å². The molecule has 0 saturated heterocycles. The third-order valence-electron chi connectivity index (χ3n) is 3.07. The van der Waals surface area contributed by atoms with Gasteiger partial charge in [-0.1, -0.05) is 28.8 Å². The first-order valence-corrected chi connectivity index (χ1v) is 6.10. The van der Waals surface area contributed by atoms with Gasteiger partial charge in [-0.3, -0.25) is 0 Å². The molecule has 1 fully saturated rings. The van der Waals surface area contributed by atoms with Gasteiger partial charge in [-0.2, -0.15) is 0 Å². The minimum atomic E-state index is -0.514. The van der Waals surface area contributed by atoms with Gasteiger partial charge < -0.3 is 5.11 Å². The Morgan fingerprint density at radius 2 is 1.93 bits per heavy atom. The Labute approximate surface area is 97.4 Å². The minimum Gasteiger partial charge on any atom is -0.388 e. The highest BCUT2D eigenvalue weighted by Gasteiger charge is 2.24. The monoisotopic (exact) mass is 272 g/mol. The van der Waals surface area contributed by atoms with Crippen LogP contribution in [0.1, 0.15) is 37.4 Å². The first kappa shape index (κ1) is 11.1. The van der Waals surface area contributed by atoms with Crippen LogP contribution >= 0.6 is 15.9 Å². The molecule has 1 aliphatic rings. The molecule has 3 heteroatoms. The van der Waals surface area contributed by atoms with Crippen molar-refractivity contribution >= 4 is 15.9 Å². The lowest BCUT2D eigenvalue weighted by molar-refractivity contribution is 0.111. The third kappa shape index (κ3) is 2.58. The van der Waals surface area contributed by atoms with Crippen molar-refractivity contribution in [3.05, 3.63) is 34.1 Å². The molecule has 0 bridgehead atoms. The van der Waals surface area contributed by atoms with Crippen LogP contribution in [0.2, 0.25) is 0 Å². The molecule has 1 aliphatic carbocycles. The van der Waals surface area contributed by atoms with Crippen LogP contribution in [0.15, 0.2) is 22.7 Å². The van der Waals surface area contributed by atoms with Gasteiger partial charge in [-0.15, -0.1) is 0 Å². The average Bonchev–Trinajstić information content (AvgIpc) is 2.67. The van der Waals surface area contributed by atoms with Crippen molar-refractivity contribution in [1.29, 1.82) is 0 Å². The molecule has 0 aliphatic heterocycles. The van der Waals surface area contributed by atoms with Crippen molar-refractivity contribution in [1.82, 2.24) is 0 Å². The number of hydrogen-bond acceptors (Lipinski definition) is 1. The van der Waals surface area contributed by atoms with Crippen molar-refractivity contribution < 1.29 is 9.50 Å². The molecular weight excluding hydrogens is 259 g/mol. The molecule has 1 atom stereocenters. The van der Waals surface area contributed by atoms with E-state index in [1.54, 1.807) is 6.07 Å². The topological polar surface area (TPSA) is 20.2 Å². The maximum Gasteiger partial charge on any atom is 0.124 e. The molecule has 1 saturated carbocycles. The van der Waals surface area contributed by atoms with Crippen LogP contribution in [0.4, 0.5) is 4.39 Å². The molecule has 2 rings (SSSR count). The molecule has 15 heavy (non-hydrogen) atoms. The fourth-order valence-electron chi connectivity index (χ4n) is 2.29. The van der Waals surface area contributed by atoms with E-state index in [9.17, 15) is 9.50 Å². The van der Waals surface area contributed by atoms with Crippen LogP contribution in [0.3, 0.4) is 0 Å². The summed E-state index contributed by atoms with van der Waals surface area (Å²) in [6, 6.07) is 4.63. The van der Waals surface area contributed by atoms with Gasteiger partial charge in [0.15, 0.2) is 0 Å². The summed E-state index contributed by atoms with van der Waals surface area (Å²) in [5.41, 5.74) is 0.689. The summed E-state index contributed by atoms with van der Waals surface area (Å²) in [4.78, 5) is 0. The van der Waals surface area contributed by atoms with E-state index in [1.165, 1.54) is 25.0 Å². The van der Waals surface area contributed by atoms with Gasteiger partial charge in [0.2, 0.25) is 0 Å². The second-order valence-corrected chi connectivity index (χ2v) is 5.11. The SMILES string of the molecule is OC(c1cc(F)cc(Br)c1)C1CCCC1. The van der Waals surface area contributed by atoms with Crippen LogP contribution < -0.4 is 0 Å². The zero-order valence-electron chi connectivity index (χ0n) is 8.42. The predicted molar refractivity (Wildman–Crippen MR) is 61.0 cm³/mol. The zero-order valence-corrected chi connectivity index (χ0v) is 10.0. The number of hydrogen-bond donors (Lipinski definition) is 1. The predicted octanol–water partition coefficient (Wildman–Crippen LogP) is 3.81. The van der Waals surface area contributed by atoms with Gasteiger partial charge in [-0.25, -0.2) is 4.39 Å². The normalized spacial score (nSPS) is 19.4. The van der Waals surface area contributed by atoms with E-state index >= 15 is 0 Å². The fourth-order valence-corrected chi connectivity index (χ4v) is 2.77. The highest BCUT2D eigenvalue weighted by Crippen LogP contribution is 2.36. The average molecular weight is 273 g/mol. The molecule has 0 spiro atoms. The Morgan fingerprint density at radius 1 is 1.27 bits per heavy atom. The lowest BCUT2D eigenvalue weighted by atomic mass is 9.94. The minimum absolute atomic E-state index is 0.295. The summed E-state index contributed by atoms with van der Waals surface area (Å²) in [6.45, 7) is 0. The molecule has 1 aromatic rings. The van der Waals surface area contributed by atoms with Crippen molar-refractivity contribution in [2.75, 3.05) is 0 Å². The number of rotatable bonds is 2. The van der Waals surface area contributed by atoms with Crippen molar-refractivity contribution in [3.8, 4) is 0 Å². The first-order chi connectivity index (χ1) is 7.16. The van der Waals surface area contributed by atoms with Crippen molar-refractivity contribution in [2.45, 2.75) is 31.8 Å². The molecule has 1 unspecified atom stereocenters. The molecule has 0 aromatic heterocycles. The Hall–Kier alpha value is -0.410. The molecule has 0 radical (unpaired) electrons. The quantitative estimate of drug-likeness (QED) is 0.868. The standard InChI is InChI=1S/C12H14BrFO/c13-10-5-9(6-11(14)7-10)12(15)8-3-1-2-4-8/h5-8,12,15H,1-4H2. The molecule has 0 heterocycles. The number of halogens is 2. The Morgan fingerprint density at radius 3 is 2.53 bits per heavy atom. The van der Waals surface area contributed by atoms with E-state index in [0.29, 0.717) is 16.0 Å². The Bertz CT molecular complexity index is 327. The molecule has 82 valence electrons. The third-order valence-corrected chi connectivity index (χ3v) is 3.53. The number of benzene rings is 1. The highest BCUT2D eigenvalue weighted by atomic mass is 79.9.